The van der Waals surface area contributed by atoms with Gasteiger partial charge in [0.15, 0.2) is 0 Å². The molecule has 0 spiro atoms. The molecule has 2 saturated heterocycles. The van der Waals surface area contributed by atoms with Crippen molar-refractivity contribution in [1.29, 1.82) is 0 Å². The lowest BCUT2D eigenvalue weighted by molar-refractivity contribution is 0.147. The normalized spacial score (nSPS) is 20.7. The summed E-state index contributed by atoms with van der Waals surface area (Å²) in [5.41, 5.74) is 20.0. The molecule has 7 heteroatoms. The summed E-state index contributed by atoms with van der Waals surface area (Å²) < 4.78 is 0. The highest BCUT2D eigenvalue weighted by Gasteiger charge is 2.30. The van der Waals surface area contributed by atoms with E-state index in [1.165, 1.54) is 59.3 Å². The molecule has 2 aromatic carbocycles. The molecule has 192 valence electrons. The van der Waals surface area contributed by atoms with Crippen LogP contribution in [0.5, 0.6) is 0 Å². The van der Waals surface area contributed by atoms with Crippen LogP contribution in [0.15, 0.2) is 36.4 Å². The van der Waals surface area contributed by atoms with Gasteiger partial charge in [-0.1, -0.05) is 24.3 Å². The summed E-state index contributed by atoms with van der Waals surface area (Å²) in [5, 5.41) is 0. The molecule has 2 aliphatic carbocycles. The molecule has 2 aromatic rings. The first-order chi connectivity index (χ1) is 17.6. The number of urea groups is 1. The monoisotopic (exact) mass is 488 g/mol. The Morgan fingerprint density at radius 1 is 0.639 bits per heavy atom. The fourth-order valence-electron chi connectivity index (χ4n) is 5.97. The Morgan fingerprint density at radius 2 is 1.03 bits per heavy atom. The van der Waals surface area contributed by atoms with Gasteiger partial charge in [-0.2, -0.15) is 0 Å². The lowest BCUT2D eigenvalue weighted by Gasteiger charge is -2.42. The minimum atomic E-state index is 0.181. The van der Waals surface area contributed by atoms with Gasteiger partial charge >= 0.3 is 6.03 Å². The molecule has 2 heterocycles. The fraction of sp³-hybridized carbons (Fsp3) is 0.552. The molecule has 7 nitrogen and oxygen atoms in total. The van der Waals surface area contributed by atoms with Gasteiger partial charge in [-0.25, -0.2) is 4.79 Å². The van der Waals surface area contributed by atoms with E-state index in [2.05, 4.69) is 46.2 Å². The highest BCUT2D eigenvalue weighted by atomic mass is 16.2. The van der Waals surface area contributed by atoms with Gasteiger partial charge in [0.25, 0.3) is 0 Å². The summed E-state index contributed by atoms with van der Waals surface area (Å²) in [6.07, 6.45) is 5.22. The third kappa shape index (κ3) is 4.78. The van der Waals surface area contributed by atoms with Gasteiger partial charge in [0, 0.05) is 76.8 Å². The van der Waals surface area contributed by atoms with Gasteiger partial charge in [-0.05, 0) is 71.9 Å². The van der Waals surface area contributed by atoms with Crippen molar-refractivity contribution in [3.63, 3.8) is 0 Å². The van der Waals surface area contributed by atoms with Crippen LogP contribution in [-0.4, -0.2) is 68.2 Å². The Bertz CT molecular complexity index is 1010. The van der Waals surface area contributed by atoms with E-state index in [0.717, 1.165) is 64.2 Å². The van der Waals surface area contributed by atoms with E-state index < -0.39 is 0 Å². The van der Waals surface area contributed by atoms with Gasteiger partial charge in [0.1, 0.15) is 0 Å². The van der Waals surface area contributed by atoms with E-state index in [-0.39, 0.29) is 6.03 Å². The maximum absolute atomic E-state index is 13.3. The first-order valence-electron chi connectivity index (χ1n) is 13.8. The second-order valence-corrected chi connectivity index (χ2v) is 11.0. The zero-order chi connectivity index (χ0) is 24.6. The van der Waals surface area contributed by atoms with Crippen LogP contribution in [0.1, 0.15) is 59.8 Å². The van der Waals surface area contributed by atoms with E-state index in [4.69, 9.17) is 11.5 Å². The van der Waals surface area contributed by atoms with Crippen LogP contribution >= 0.6 is 0 Å². The SMILES string of the molecule is NCc1cc(C2CC2)ccc1N1CCN(C(=O)N2CCN(c3ccc(C4CC4)cc3CN)CC2)CC1. The Balaban J connectivity index is 1.03. The van der Waals surface area contributed by atoms with Crippen molar-refractivity contribution in [2.45, 2.75) is 50.6 Å². The molecule has 2 amide bonds. The van der Waals surface area contributed by atoms with E-state index >= 15 is 0 Å². The number of rotatable bonds is 6. The summed E-state index contributed by atoms with van der Waals surface area (Å²) in [6.45, 7) is 7.58. The number of nitrogens with two attached hydrogens (primary N) is 2. The summed E-state index contributed by atoms with van der Waals surface area (Å²) in [5.74, 6) is 1.48. The topological polar surface area (TPSA) is 82.1 Å². The fourth-order valence-corrected chi connectivity index (χ4v) is 5.97. The van der Waals surface area contributed by atoms with Crippen molar-refractivity contribution < 1.29 is 4.79 Å². The maximum atomic E-state index is 13.3. The van der Waals surface area contributed by atoms with Crippen LogP contribution < -0.4 is 21.3 Å². The number of hydrogen-bond donors (Lipinski definition) is 2. The van der Waals surface area contributed by atoms with Crippen molar-refractivity contribution in [2.75, 3.05) is 62.2 Å². The van der Waals surface area contributed by atoms with Crippen LogP contribution in [0.3, 0.4) is 0 Å². The molecule has 2 saturated carbocycles. The third-order valence-corrected chi connectivity index (χ3v) is 8.53. The third-order valence-electron chi connectivity index (χ3n) is 8.53. The highest BCUT2D eigenvalue weighted by molar-refractivity contribution is 5.75. The summed E-state index contributed by atoms with van der Waals surface area (Å²) in [7, 11) is 0. The number of piperazine rings is 2. The number of anilines is 2. The van der Waals surface area contributed by atoms with Crippen LogP contribution in [0.25, 0.3) is 0 Å². The van der Waals surface area contributed by atoms with E-state index in [9.17, 15) is 4.79 Å². The molecule has 0 aromatic heterocycles. The number of benzene rings is 2. The molecule has 4 N–H and O–H groups in total. The molecular weight excluding hydrogens is 448 g/mol. The number of nitrogens with zero attached hydrogens (tertiary/aromatic N) is 4. The lowest BCUT2D eigenvalue weighted by Crippen LogP contribution is -2.57. The molecular formula is C29H40N6O. The minimum absolute atomic E-state index is 0.181. The predicted molar refractivity (Wildman–Crippen MR) is 146 cm³/mol. The molecule has 0 bridgehead atoms. The van der Waals surface area contributed by atoms with Crippen molar-refractivity contribution >= 4 is 17.4 Å². The van der Waals surface area contributed by atoms with Gasteiger partial charge < -0.3 is 31.1 Å². The van der Waals surface area contributed by atoms with Crippen LogP contribution in [-0.2, 0) is 13.1 Å². The summed E-state index contributed by atoms with van der Waals surface area (Å²) >= 11 is 0. The van der Waals surface area contributed by atoms with Crippen LogP contribution in [0, 0.1) is 0 Å². The van der Waals surface area contributed by atoms with Crippen molar-refractivity contribution in [3.8, 4) is 0 Å². The largest absolute Gasteiger partial charge is 0.368 e. The smallest absolute Gasteiger partial charge is 0.320 e. The summed E-state index contributed by atoms with van der Waals surface area (Å²) in [6, 6.07) is 13.8. The zero-order valence-corrected chi connectivity index (χ0v) is 21.4. The molecule has 0 radical (unpaired) electrons. The Labute approximate surface area is 215 Å². The predicted octanol–water partition coefficient (Wildman–Crippen LogP) is 3.42. The van der Waals surface area contributed by atoms with E-state index in [0.29, 0.717) is 13.1 Å². The van der Waals surface area contributed by atoms with Crippen LogP contribution in [0.4, 0.5) is 16.2 Å². The Morgan fingerprint density at radius 3 is 1.36 bits per heavy atom. The zero-order valence-electron chi connectivity index (χ0n) is 21.4. The van der Waals surface area contributed by atoms with Crippen LogP contribution in [0.2, 0.25) is 0 Å². The van der Waals surface area contributed by atoms with E-state index in [1.54, 1.807) is 0 Å². The molecule has 4 aliphatic rings. The number of carbonyl (C=O) groups is 1. The standard InChI is InChI=1S/C29H40N6O/c30-19-25-17-23(21-1-2-21)5-7-27(25)32-9-13-34(14-10-32)29(36)35-15-11-33(12-16-35)28-8-6-24(22-3-4-22)18-26(28)20-31/h5-8,17-18,21-22H,1-4,9-16,19-20,30-31H2. The van der Waals surface area contributed by atoms with Gasteiger partial charge in [-0.3, -0.25) is 0 Å². The Kier molecular flexibility index (Phi) is 6.52. The number of carbonyl (C=O) groups excluding carboxylic acids is 1. The first kappa shape index (κ1) is 23.6. The molecule has 0 atom stereocenters. The molecule has 4 fully saturated rings. The Hall–Kier alpha value is -2.77. The molecule has 6 rings (SSSR count). The quantitative estimate of drug-likeness (QED) is 0.651. The van der Waals surface area contributed by atoms with Gasteiger partial charge in [0.05, 0.1) is 0 Å². The molecule has 0 unspecified atom stereocenters. The van der Waals surface area contributed by atoms with Gasteiger partial charge in [-0.15, -0.1) is 0 Å². The maximum Gasteiger partial charge on any atom is 0.320 e. The van der Waals surface area contributed by atoms with Crippen molar-refractivity contribution in [2.24, 2.45) is 11.5 Å². The summed E-state index contributed by atoms with van der Waals surface area (Å²) in [4.78, 5) is 22.2. The number of hydrogen-bond acceptors (Lipinski definition) is 5. The molecule has 36 heavy (non-hydrogen) atoms. The van der Waals surface area contributed by atoms with Crippen molar-refractivity contribution in [3.05, 3.63) is 58.7 Å². The van der Waals surface area contributed by atoms with Crippen molar-refractivity contribution in [1.82, 2.24) is 9.80 Å². The number of amides is 2. The molecule has 2 aliphatic heterocycles. The van der Waals surface area contributed by atoms with E-state index in [1.807, 2.05) is 9.80 Å². The second-order valence-electron chi connectivity index (χ2n) is 11.0. The second kappa shape index (κ2) is 9.94. The lowest BCUT2D eigenvalue weighted by atomic mass is 10.0. The average Bonchev–Trinajstić information content (AvgIpc) is 3.85. The average molecular weight is 489 g/mol. The van der Waals surface area contributed by atoms with Gasteiger partial charge in [0.2, 0.25) is 0 Å². The highest BCUT2D eigenvalue weighted by Crippen LogP contribution is 2.42. The first-order valence-corrected chi connectivity index (χ1v) is 13.8. The minimum Gasteiger partial charge on any atom is -0.368 e.